The van der Waals surface area contributed by atoms with Crippen molar-refractivity contribution in [2.75, 3.05) is 18.0 Å². The van der Waals surface area contributed by atoms with Gasteiger partial charge in [-0.15, -0.1) is 10.2 Å². The van der Waals surface area contributed by atoms with Crippen LogP contribution >= 0.6 is 0 Å². The predicted molar refractivity (Wildman–Crippen MR) is 121 cm³/mol. The first-order valence-corrected chi connectivity index (χ1v) is 11.7. The zero-order valence-electron chi connectivity index (χ0n) is 19.3. The summed E-state index contributed by atoms with van der Waals surface area (Å²) >= 11 is 0. The monoisotopic (exact) mass is 517 g/mol. The summed E-state index contributed by atoms with van der Waals surface area (Å²) in [5.74, 6) is -2.41. The standard InChI is InChI=1S/C24H20F5N7O/c25-14-3-4-18(26)16(10-14)19-2-1-6-34(19)15-5-7-36-20(11-15)17(12-30-36)22(37)33-8-9-35-21(13-33)31-32-23(35)24(27,28)29/h3-5,7,10-12,19H,1-2,6,8-9,13H2/t19-/m1/s1. The number of pyridine rings is 1. The largest absolute Gasteiger partial charge is 0.451 e. The molecular formula is C24H20F5N7O. The first-order valence-electron chi connectivity index (χ1n) is 11.7. The van der Waals surface area contributed by atoms with E-state index in [9.17, 15) is 26.7 Å². The van der Waals surface area contributed by atoms with E-state index >= 15 is 0 Å². The molecule has 3 aromatic heterocycles. The van der Waals surface area contributed by atoms with Gasteiger partial charge in [-0.05, 0) is 43.2 Å². The van der Waals surface area contributed by atoms with E-state index in [-0.39, 0.29) is 42.6 Å². The lowest BCUT2D eigenvalue weighted by atomic mass is 10.0. The lowest BCUT2D eigenvalue weighted by Gasteiger charge is -2.28. The van der Waals surface area contributed by atoms with E-state index in [0.717, 1.165) is 28.8 Å². The average Bonchev–Trinajstić information content (AvgIpc) is 3.61. The van der Waals surface area contributed by atoms with Gasteiger partial charge in [0.15, 0.2) is 5.82 Å². The number of rotatable bonds is 3. The van der Waals surface area contributed by atoms with Crippen molar-refractivity contribution in [1.82, 2.24) is 29.3 Å². The molecule has 2 aliphatic heterocycles. The highest BCUT2D eigenvalue weighted by Crippen LogP contribution is 2.38. The van der Waals surface area contributed by atoms with Gasteiger partial charge in [0.25, 0.3) is 5.91 Å². The molecular weight excluding hydrogens is 497 g/mol. The zero-order chi connectivity index (χ0) is 25.9. The van der Waals surface area contributed by atoms with Crippen molar-refractivity contribution in [1.29, 1.82) is 0 Å². The van der Waals surface area contributed by atoms with E-state index < -0.39 is 29.5 Å². The van der Waals surface area contributed by atoms with E-state index in [2.05, 4.69) is 15.3 Å². The highest BCUT2D eigenvalue weighted by Gasteiger charge is 2.40. The lowest BCUT2D eigenvalue weighted by molar-refractivity contribution is -0.147. The van der Waals surface area contributed by atoms with Crippen LogP contribution in [0.25, 0.3) is 5.52 Å². The molecule has 0 bridgehead atoms. The quantitative estimate of drug-likeness (QED) is 0.381. The van der Waals surface area contributed by atoms with Gasteiger partial charge in [0, 0.05) is 37.1 Å². The summed E-state index contributed by atoms with van der Waals surface area (Å²) in [6, 6.07) is 6.62. The van der Waals surface area contributed by atoms with Crippen LogP contribution in [-0.4, -0.2) is 48.3 Å². The van der Waals surface area contributed by atoms with Crippen molar-refractivity contribution in [3.63, 3.8) is 0 Å². The van der Waals surface area contributed by atoms with Crippen molar-refractivity contribution in [2.45, 2.75) is 38.1 Å². The fraction of sp³-hybridized carbons (Fsp3) is 0.333. The van der Waals surface area contributed by atoms with E-state index in [1.165, 1.54) is 21.7 Å². The molecule has 0 unspecified atom stereocenters. The van der Waals surface area contributed by atoms with Gasteiger partial charge >= 0.3 is 6.18 Å². The third-order valence-corrected chi connectivity index (χ3v) is 6.93. The van der Waals surface area contributed by atoms with Crippen LogP contribution in [0, 0.1) is 11.6 Å². The van der Waals surface area contributed by atoms with Crippen LogP contribution in [0.4, 0.5) is 27.6 Å². The Hall–Kier alpha value is -4.03. The number of nitrogens with zero attached hydrogens (tertiary/aromatic N) is 7. The van der Waals surface area contributed by atoms with Crippen molar-refractivity contribution < 1.29 is 26.7 Å². The minimum Gasteiger partial charge on any atom is -0.364 e. The predicted octanol–water partition coefficient (Wildman–Crippen LogP) is 4.22. The topological polar surface area (TPSA) is 71.6 Å². The summed E-state index contributed by atoms with van der Waals surface area (Å²) in [7, 11) is 0. The molecule has 192 valence electrons. The van der Waals surface area contributed by atoms with E-state index in [1.807, 2.05) is 4.90 Å². The molecule has 0 N–H and O–H groups in total. The molecule has 4 aromatic rings. The van der Waals surface area contributed by atoms with Crippen LogP contribution < -0.4 is 4.90 Å². The highest BCUT2D eigenvalue weighted by atomic mass is 19.4. The first-order chi connectivity index (χ1) is 17.7. The van der Waals surface area contributed by atoms with Crippen molar-refractivity contribution in [3.05, 3.63) is 77.1 Å². The Labute approximate surface area is 206 Å². The van der Waals surface area contributed by atoms with Crippen LogP contribution in [-0.2, 0) is 19.3 Å². The third-order valence-electron chi connectivity index (χ3n) is 6.93. The van der Waals surface area contributed by atoms with Crippen molar-refractivity contribution >= 4 is 17.1 Å². The summed E-state index contributed by atoms with van der Waals surface area (Å²) in [6.07, 6.45) is -0.106. The van der Waals surface area contributed by atoms with Crippen LogP contribution in [0.15, 0.2) is 42.7 Å². The molecule has 1 amide bonds. The summed E-state index contributed by atoms with van der Waals surface area (Å²) in [5.41, 5.74) is 1.77. The Morgan fingerprint density at radius 3 is 2.68 bits per heavy atom. The maximum absolute atomic E-state index is 14.5. The number of hydrogen-bond donors (Lipinski definition) is 0. The number of hydrogen-bond acceptors (Lipinski definition) is 5. The van der Waals surface area contributed by atoms with E-state index in [1.54, 1.807) is 18.3 Å². The second kappa shape index (κ2) is 8.53. The summed E-state index contributed by atoms with van der Waals surface area (Å²) in [4.78, 5) is 16.8. The SMILES string of the molecule is O=C(c1cnn2ccc(N3CCC[C@@H]3c3cc(F)ccc3F)cc12)N1CCn2c(nnc2C(F)(F)F)C1. The van der Waals surface area contributed by atoms with Crippen LogP contribution in [0.3, 0.4) is 0 Å². The van der Waals surface area contributed by atoms with Gasteiger partial charge in [0.05, 0.1) is 29.9 Å². The second-order valence-corrected chi connectivity index (χ2v) is 9.11. The molecule has 0 radical (unpaired) electrons. The van der Waals surface area contributed by atoms with Crippen molar-refractivity contribution in [3.8, 4) is 0 Å². The maximum Gasteiger partial charge on any atom is 0.451 e. The lowest BCUT2D eigenvalue weighted by Crippen LogP contribution is -2.39. The number of fused-ring (bicyclic) bond motifs is 2. The Balaban J connectivity index is 1.29. The number of carbonyl (C=O) groups excluding carboxylic acids is 1. The van der Waals surface area contributed by atoms with E-state index in [4.69, 9.17) is 0 Å². The third kappa shape index (κ3) is 3.98. The fourth-order valence-corrected chi connectivity index (χ4v) is 5.19. The summed E-state index contributed by atoms with van der Waals surface area (Å²) in [6.45, 7) is 0.475. The van der Waals surface area contributed by atoms with Gasteiger partial charge < -0.3 is 14.4 Å². The number of anilines is 1. The second-order valence-electron chi connectivity index (χ2n) is 9.11. The number of amides is 1. The molecule has 2 aliphatic rings. The minimum atomic E-state index is -4.63. The van der Waals surface area contributed by atoms with Gasteiger partial charge in [-0.25, -0.2) is 13.3 Å². The normalized spacial score (nSPS) is 18.0. The minimum absolute atomic E-state index is 0.0526. The molecule has 0 aliphatic carbocycles. The van der Waals surface area contributed by atoms with Crippen LogP contribution in [0.1, 0.15) is 46.5 Å². The molecule has 37 heavy (non-hydrogen) atoms. The molecule has 6 rings (SSSR count). The van der Waals surface area contributed by atoms with Crippen molar-refractivity contribution in [2.24, 2.45) is 0 Å². The highest BCUT2D eigenvalue weighted by molar-refractivity contribution is 6.01. The van der Waals surface area contributed by atoms with Gasteiger partial charge in [-0.2, -0.15) is 18.3 Å². The molecule has 1 saturated heterocycles. The molecule has 13 heteroatoms. The Morgan fingerprint density at radius 2 is 1.86 bits per heavy atom. The number of benzene rings is 1. The molecule has 8 nitrogen and oxygen atoms in total. The molecule has 0 spiro atoms. The first kappa shape index (κ1) is 23.4. The zero-order valence-corrected chi connectivity index (χ0v) is 19.3. The molecule has 5 heterocycles. The summed E-state index contributed by atoms with van der Waals surface area (Å²) in [5, 5.41) is 11.1. The molecule has 1 atom stereocenters. The van der Waals surface area contributed by atoms with Gasteiger partial charge in [-0.3, -0.25) is 4.79 Å². The molecule has 1 aromatic carbocycles. The number of carbonyl (C=O) groups is 1. The number of aromatic nitrogens is 5. The van der Waals surface area contributed by atoms with Crippen LogP contribution in [0.2, 0.25) is 0 Å². The van der Waals surface area contributed by atoms with Gasteiger partial charge in [0.1, 0.15) is 11.6 Å². The van der Waals surface area contributed by atoms with E-state index in [0.29, 0.717) is 18.5 Å². The average molecular weight is 517 g/mol. The Morgan fingerprint density at radius 1 is 1.03 bits per heavy atom. The molecule has 1 fully saturated rings. The smallest absolute Gasteiger partial charge is 0.364 e. The number of alkyl halides is 3. The number of halogens is 5. The Bertz CT molecular complexity index is 1510. The molecule has 0 saturated carbocycles. The maximum atomic E-state index is 14.5. The van der Waals surface area contributed by atoms with Crippen LogP contribution in [0.5, 0.6) is 0 Å². The van der Waals surface area contributed by atoms with Gasteiger partial charge in [0.2, 0.25) is 5.82 Å². The van der Waals surface area contributed by atoms with Gasteiger partial charge in [-0.1, -0.05) is 0 Å². The Kier molecular flexibility index (Phi) is 5.39. The fourth-order valence-electron chi connectivity index (χ4n) is 5.19. The summed E-state index contributed by atoms with van der Waals surface area (Å²) < 4.78 is 70.3.